The molecule has 4 aromatic rings. The smallest absolute Gasteiger partial charge is 0.231 e. The van der Waals surface area contributed by atoms with Crippen molar-refractivity contribution in [2.24, 2.45) is 5.73 Å². The Bertz CT molecular complexity index is 1460. The Labute approximate surface area is 206 Å². The van der Waals surface area contributed by atoms with Gasteiger partial charge in [0, 0.05) is 29.1 Å². The van der Waals surface area contributed by atoms with E-state index >= 15 is 0 Å². The normalized spacial score (nSPS) is 18.4. The molecule has 4 heterocycles. The number of amides is 1. The molecule has 3 aromatic heterocycles. The van der Waals surface area contributed by atoms with E-state index < -0.39 is 22.7 Å². The van der Waals surface area contributed by atoms with Gasteiger partial charge in [0.2, 0.25) is 5.91 Å². The second kappa shape index (κ2) is 8.53. The van der Waals surface area contributed by atoms with Crippen LogP contribution < -0.4 is 10.5 Å². The molecule has 0 aliphatic carbocycles. The average Bonchev–Trinajstić information content (AvgIpc) is 3.45. The number of carbonyl (C=O) groups is 2. The van der Waals surface area contributed by atoms with Gasteiger partial charge in [-0.2, -0.15) is 0 Å². The number of ketones is 1. The number of nitrogens with two attached hydrogens (primary N) is 1. The summed E-state index contributed by atoms with van der Waals surface area (Å²) in [5, 5.41) is 12.2. The van der Waals surface area contributed by atoms with Gasteiger partial charge in [-0.05, 0) is 68.8 Å². The van der Waals surface area contributed by atoms with Crippen molar-refractivity contribution < 1.29 is 23.8 Å². The monoisotopic (exact) mass is 488 g/mol. The molecule has 36 heavy (non-hydrogen) atoms. The molecule has 0 unspecified atom stereocenters. The summed E-state index contributed by atoms with van der Waals surface area (Å²) >= 11 is 0. The fourth-order valence-corrected chi connectivity index (χ4v) is 4.39. The first-order valence-electron chi connectivity index (χ1n) is 11.5. The first-order chi connectivity index (χ1) is 17.1. The van der Waals surface area contributed by atoms with Crippen LogP contribution in [0.1, 0.15) is 48.4 Å². The van der Waals surface area contributed by atoms with E-state index in [-0.39, 0.29) is 30.9 Å². The van der Waals surface area contributed by atoms with Crippen molar-refractivity contribution in [2.75, 3.05) is 6.61 Å². The van der Waals surface area contributed by atoms with Gasteiger partial charge in [0.25, 0.3) is 0 Å². The van der Waals surface area contributed by atoms with Crippen LogP contribution in [0.3, 0.4) is 0 Å². The number of primary amides is 1. The Balaban J connectivity index is 1.50. The molecular formula is C27H25FN4O4. The number of carbonyl (C=O) groups excluding carboxylic acids is 2. The van der Waals surface area contributed by atoms with Crippen molar-refractivity contribution >= 4 is 22.7 Å². The molecule has 5 rings (SSSR count). The summed E-state index contributed by atoms with van der Waals surface area (Å²) in [6, 6.07) is 12.7. The van der Waals surface area contributed by atoms with Gasteiger partial charge in [-0.3, -0.25) is 9.59 Å². The summed E-state index contributed by atoms with van der Waals surface area (Å²) in [6.45, 7) is 3.25. The lowest BCUT2D eigenvalue weighted by atomic mass is 9.81. The van der Waals surface area contributed by atoms with Crippen LogP contribution in [0.4, 0.5) is 4.39 Å². The SMILES string of the molecule is C[C@](O)(CCC(=O)c1cc2cccnc2[nH]1)c1cc2c(c(-c3ccc(F)cc3)n1)OC[C@]2(C)C(N)=O. The average molecular weight is 489 g/mol. The number of nitrogens with one attached hydrogen (secondary N) is 1. The number of nitrogens with zero attached hydrogens (tertiary/aromatic N) is 2. The van der Waals surface area contributed by atoms with Gasteiger partial charge < -0.3 is 20.6 Å². The molecule has 1 aromatic carbocycles. The highest BCUT2D eigenvalue weighted by atomic mass is 19.1. The molecule has 9 heteroatoms. The number of benzene rings is 1. The number of aromatic amines is 1. The van der Waals surface area contributed by atoms with Crippen molar-refractivity contribution in [2.45, 2.75) is 37.7 Å². The standard InChI is InChI=1S/C27H25FN4O4/c1-26(25(29)34)14-36-23-18(26)13-21(32-22(23)15-5-7-17(28)8-6-15)27(2,35)10-9-20(33)19-12-16-4-3-11-30-24(16)31-19/h3-8,11-13,35H,9-10,14H2,1-2H3,(H2,29,34)(H,30,31)/t26-,27-/m0/s1. The Morgan fingerprint density at radius 3 is 2.69 bits per heavy atom. The summed E-state index contributed by atoms with van der Waals surface area (Å²) < 4.78 is 19.4. The van der Waals surface area contributed by atoms with Crippen molar-refractivity contribution in [1.82, 2.24) is 15.0 Å². The van der Waals surface area contributed by atoms with Gasteiger partial charge in [0.05, 0.1) is 11.4 Å². The molecule has 0 saturated heterocycles. The van der Waals surface area contributed by atoms with Gasteiger partial charge in [-0.25, -0.2) is 14.4 Å². The second-order valence-corrected chi connectivity index (χ2v) is 9.55. The first-order valence-corrected chi connectivity index (χ1v) is 11.5. The van der Waals surface area contributed by atoms with Crippen LogP contribution in [0.2, 0.25) is 0 Å². The maximum Gasteiger partial charge on any atom is 0.231 e. The van der Waals surface area contributed by atoms with E-state index in [0.29, 0.717) is 33.9 Å². The summed E-state index contributed by atoms with van der Waals surface area (Å²) in [5.41, 5.74) is 5.73. The molecule has 8 nitrogen and oxygen atoms in total. The van der Waals surface area contributed by atoms with E-state index in [0.717, 1.165) is 5.39 Å². The van der Waals surface area contributed by atoms with Crippen molar-refractivity contribution in [1.29, 1.82) is 0 Å². The number of hydrogen-bond acceptors (Lipinski definition) is 6. The molecule has 4 N–H and O–H groups in total. The number of pyridine rings is 2. The van der Waals surface area contributed by atoms with Gasteiger partial charge in [0.15, 0.2) is 5.78 Å². The van der Waals surface area contributed by atoms with E-state index in [2.05, 4.69) is 15.0 Å². The molecule has 0 radical (unpaired) electrons. The number of H-pyrrole nitrogens is 1. The molecule has 1 aliphatic heterocycles. The third-order valence-corrected chi connectivity index (χ3v) is 6.82. The fourth-order valence-electron chi connectivity index (χ4n) is 4.39. The Morgan fingerprint density at radius 2 is 2.00 bits per heavy atom. The van der Waals surface area contributed by atoms with Gasteiger partial charge >= 0.3 is 0 Å². The lowest BCUT2D eigenvalue weighted by molar-refractivity contribution is -0.123. The molecule has 184 valence electrons. The van der Waals surface area contributed by atoms with Gasteiger partial charge in [-0.15, -0.1) is 0 Å². The first kappa shape index (κ1) is 23.6. The van der Waals surface area contributed by atoms with Crippen LogP contribution in [0.5, 0.6) is 5.75 Å². The molecule has 0 spiro atoms. The number of aromatic nitrogens is 3. The number of aliphatic hydroxyl groups is 1. The van der Waals surface area contributed by atoms with E-state index in [1.165, 1.54) is 12.1 Å². The molecule has 0 saturated carbocycles. The third-order valence-electron chi connectivity index (χ3n) is 6.82. The Hall–Kier alpha value is -4.11. The van der Waals surface area contributed by atoms with Crippen molar-refractivity contribution in [3.63, 3.8) is 0 Å². The highest BCUT2D eigenvalue weighted by Crippen LogP contribution is 2.45. The third kappa shape index (κ3) is 4.01. The largest absolute Gasteiger partial charge is 0.489 e. The van der Waals surface area contributed by atoms with E-state index in [1.54, 1.807) is 50.4 Å². The minimum atomic E-state index is -1.52. The topological polar surface area (TPSA) is 131 Å². The predicted molar refractivity (Wildman–Crippen MR) is 131 cm³/mol. The summed E-state index contributed by atoms with van der Waals surface area (Å²) in [5.74, 6) is -0.805. The lowest BCUT2D eigenvalue weighted by Crippen LogP contribution is -2.40. The number of halogens is 1. The minimum absolute atomic E-state index is 0.0199. The molecule has 1 amide bonds. The maximum atomic E-state index is 13.6. The number of ether oxygens (including phenoxy) is 1. The minimum Gasteiger partial charge on any atom is -0.489 e. The zero-order valence-corrected chi connectivity index (χ0v) is 19.8. The summed E-state index contributed by atoms with van der Waals surface area (Å²) in [6.07, 6.45) is 1.74. The molecule has 0 fully saturated rings. The number of rotatable bonds is 7. The van der Waals surface area contributed by atoms with Crippen LogP contribution in [0.25, 0.3) is 22.3 Å². The number of fused-ring (bicyclic) bond motifs is 2. The number of Topliss-reactive ketones (excluding diaryl/α,β-unsaturated/α-hetero) is 1. The molecule has 2 atom stereocenters. The summed E-state index contributed by atoms with van der Waals surface area (Å²) in [4.78, 5) is 37.1. The molecule has 1 aliphatic rings. The molecule has 0 bridgehead atoms. The quantitative estimate of drug-likeness (QED) is 0.340. The highest BCUT2D eigenvalue weighted by molar-refractivity contribution is 5.98. The van der Waals surface area contributed by atoms with E-state index in [4.69, 9.17) is 10.5 Å². The van der Waals surface area contributed by atoms with Crippen LogP contribution in [-0.4, -0.2) is 38.4 Å². The summed E-state index contributed by atoms with van der Waals surface area (Å²) in [7, 11) is 0. The maximum absolute atomic E-state index is 13.6. The van der Waals surface area contributed by atoms with Crippen LogP contribution in [-0.2, 0) is 15.8 Å². The Morgan fingerprint density at radius 1 is 1.25 bits per heavy atom. The van der Waals surface area contributed by atoms with Crippen molar-refractivity contribution in [3.8, 4) is 17.0 Å². The van der Waals surface area contributed by atoms with Gasteiger partial charge in [-0.1, -0.05) is 0 Å². The fraction of sp³-hybridized carbons (Fsp3) is 0.259. The van der Waals surface area contributed by atoms with Crippen LogP contribution in [0, 0.1) is 5.82 Å². The lowest BCUT2D eigenvalue weighted by Gasteiger charge is -2.25. The Kier molecular flexibility index (Phi) is 5.60. The van der Waals surface area contributed by atoms with Crippen LogP contribution >= 0.6 is 0 Å². The van der Waals surface area contributed by atoms with E-state index in [1.807, 2.05) is 6.07 Å². The zero-order valence-electron chi connectivity index (χ0n) is 19.8. The van der Waals surface area contributed by atoms with E-state index in [9.17, 15) is 19.1 Å². The van der Waals surface area contributed by atoms with Crippen LogP contribution in [0.15, 0.2) is 54.7 Å². The van der Waals surface area contributed by atoms with Gasteiger partial charge in [0.1, 0.15) is 40.5 Å². The second-order valence-electron chi connectivity index (χ2n) is 9.55. The van der Waals surface area contributed by atoms with Crippen molar-refractivity contribution in [3.05, 3.63) is 77.5 Å². The zero-order chi connectivity index (χ0) is 25.7. The number of hydrogen-bond donors (Lipinski definition) is 3. The predicted octanol–water partition coefficient (Wildman–Crippen LogP) is 3.77. The highest BCUT2D eigenvalue weighted by Gasteiger charge is 2.45. The molecular weight excluding hydrogens is 463 g/mol.